The standard InChI is InChI=1S/C21H28N2O3S/c1-16-10-8-13-20(17(16)2)23(27(4,25)26)15-9-14-21(24)22-18(3)19-11-6-5-7-12-19/h5-8,10-13,18H,9,14-15H2,1-4H3,(H,22,24). The van der Waals surface area contributed by atoms with Crippen molar-refractivity contribution < 1.29 is 13.2 Å². The first-order valence-corrected chi connectivity index (χ1v) is 10.9. The minimum absolute atomic E-state index is 0.0799. The van der Waals surface area contributed by atoms with Gasteiger partial charge in [0.05, 0.1) is 18.0 Å². The Morgan fingerprint density at radius 3 is 2.37 bits per heavy atom. The van der Waals surface area contributed by atoms with Gasteiger partial charge in [-0.2, -0.15) is 0 Å². The Labute approximate surface area is 162 Å². The van der Waals surface area contributed by atoms with Crippen LogP contribution in [0.1, 0.15) is 42.5 Å². The Hall–Kier alpha value is -2.34. The zero-order valence-corrected chi connectivity index (χ0v) is 17.2. The molecule has 1 atom stereocenters. The lowest BCUT2D eigenvalue weighted by Crippen LogP contribution is -2.33. The predicted molar refractivity (Wildman–Crippen MR) is 110 cm³/mol. The van der Waals surface area contributed by atoms with Crippen LogP contribution in [-0.2, 0) is 14.8 Å². The minimum Gasteiger partial charge on any atom is -0.350 e. The van der Waals surface area contributed by atoms with E-state index in [1.807, 2.05) is 63.2 Å². The number of hydrogen-bond acceptors (Lipinski definition) is 3. The van der Waals surface area contributed by atoms with E-state index >= 15 is 0 Å². The van der Waals surface area contributed by atoms with E-state index in [1.54, 1.807) is 6.07 Å². The molecule has 0 aromatic heterocycles. The van der Waals surface area contributed by atoms with Crippen molar-refractivity contribution in [1.82, 2.24) is 5.32 Å². The van der Waals surface area contributed by atoms with Crippen LogP contribution in [0, 0.1) is 13.8 Å². The summed E-state index contributed by atoms with van der Waals surface area (Å²) in [4.78, 5) is 12.2. The monoisotopic (exact) mass is 388 g/mol. The molecule has 0 bridgehead atoms. The molecule has 2 rings (SSSR count). The molecule has 0 spiro atoms. The molecule has 0 saturated heterocycles. The van der Waals surface area contributed by atoms with Gasteiger partial charge in [-0.3, -0.25) is 9.10 Å². The summed E-state index contributed by atoms with van der Waals surface area (Å²) in [7, 11) is -3.42. The maximum absolute atomic E-state index is 12.3. The molecular weight excluding hydrogens is 360 g/mol. The van der Waals surface area contributed by atoms with E-state index in [2.05, 4.69) is 5.32 Å². The van der Waals surface area contributed by atoms with Crippen LogP contribution in [0.4, 0.5) is 5.69 Å². The van der Waals surface area contributed by atoms with Crippen molar-refractivity contribution in [3.8, 4) is 0 Å². The second-order valence-corrected chi connectivity index (χ2v) is 8.76. The molecule has 146 valence electrons. The first kappa shape index (κ1) is 21.0. The van der Waals surface area contributed by atoms with Crippen LogP contribution in [0.15, 0.2) is 48.5 Å². The van der Waals surface area contributed by atoms with Crippen molar-refractivity contribution in [2.75, 3.05) is 17.1 Å². The number of anilines is 1. The van der Waals surface area contributed by atoms with E-state index < -0.39 is 10.0 Å². The first-order valence-electron chi connectivity index (χ1n) is 9.08. The molecule has 0 aliphatic rings. The normalized spacial score (nSPS) is 12.4. The Morgan fingerprint density at radius 1 is 1.07 bits per heavy atom. The minimum atomic E-state index is -3.42. The Kier molecular flexibility index (Phi) is 7.02. The molecule has 5 nitrogen and oxygen atoms in total. The van der Waals surface area contributed by atoms with Gasteiger partial charge in [-0.15, -0.1) is 0 Å². The third-order valence-electron chi connectivity index (χ3n) is 4.69. The number of benzene rings is 2. The number of carbonyl (C=O) groups is 1. The van der Waals surface area contributed by atoms with E-state index in [9.17, 15) is 13.2 Å². The van der Waals surface area contributed by atoms with E-state index in [-0.39, 0.29) is 24.9 Å². The topological polar surface area (TPSA) is 66.5 Å². The number of rotatable bonds is 8. The fourth-order valence-corrected chi connectivity index (χ4v) is 4.01. The van der Waals surface area contributed by atoms with Gasteiger partial charge in [-0.1, -0.05) is 42.5 Å². The summed E-state index contributed by atoms with van der Waals surface area (Å²) in [6.07, 6.45) is 1.92. The molecule has 1 N–H and O–H groups in total. The van der Waals surface area contributed by atoms with E-state index in [1.165, 1.54) is 10.6 Å². The first-order chi connectivity index (χ1) is 12.7. The highest BCUT2D eigenvalue weighted by Crippen LogP contribution is 2.25. The number of amides is 1. The summed E-state index contributed by atoms with van der Waals surface area (Å²) in [5.41, 5.74) is 3.69. The zero-order valence-electron chi connectivity index (χ0n) is 16.4. The summed E-state index contributed by atoms with van der Waals surface area (Å²) < 4.78 is 25.9. The van der Waals surface area contributed by atoms with Crippen LogP contribution in [0.3, 0.4) is 0 Å². The molecule has 0 radical (unpaired) electrons. The highest BCUT2D eigenvalue weighted by atomic mass is 32.2. The van der Waals surface area contributed by atoms with Crippen LogP contribution in [0.2, 0.25) is 0 Å². The number of nitrogens with one attached hydrogen (secondary N) is 1. The molecule has 6 heteroatoms. The maximum Gasteiger partial charge on any atom is 0.232 e. The average Bonchev–Trinajstić information content (AvgIpc) is 2.61. The van der Waals surface area contributed by atoms with E-state index in [4.69, 9.17) is 0 Å². The molecule has 0 fully saturated rings. The van der Waals surface area contributed by atoms with Gasteiger partial charge in [0.15, 0.2) is 0 Å². The number of aryl methyl sites for hydroxylation is 1. The fourth-order valence-electron chi connectivity index (χ4n) is 2.99. The van der Waals surface area contributed by atoms with Gasteiger partial charge in [0.25, 0.3) is 0 Å². The molecule has 0 saturated carbocycles. The summed E-state index contributed by atoms with van der Waals surface area (Å²) in [6.45, 7) is 6.08. The predicted octanol–water partition coefficient (Wildman–Crippen LogP) is 3.73. The SMILES string of the molecule is Cc1cccc(N(CCCC(=O)NC(C)c2ccccc2)S(C)(=O)=O)c1C. The lowest BCUT2D eigenvalue weighted by atomic mass is 10.1. The number of sulfonamides is 1. The van der Waals surface area contributed by atoms with E-state index in [0.717, 1.165) is 16.7 Å². The van der Waals surface area contributed by atoms with Crippen molar-refractivity contribution in [3.63, 3.8) is 0 Å². The smallest absolute Gasteiger partial charge is 0.232 e. The Morgan fingerprint density at radius 2 is 1.74 bits per heavy atom. The third kappa shape index (κ3) is 5.82. The van der Waals surface area contributed by atoms with Crippen molar-refractivity contribution >= 4 is 21.6 Å². The van der Waals surface area contributed by atoms with Gasteiger partial charge in [0.1, 0.15) is 0 Å². The average molecular weight is 389 g/mol. The number of hydrogen-bond donors (Lipinski definition) is 1. The third-order valence-corrected chi connectivity index (χ3v) is 5.87. The van der Waals surface area contributed by atoms with Crippen LogP contribution < -0.4 is 9.62 Å². The highest BCUT2D eigenvalue weighted by Gasteiger charge is 2.20. The lowest BCUT2D eigenvalue weighted by molar-refractivity contribution is -0.121. The van der Waals surface area contributed by atoms with Gasteiger partial charge in [-0.05, 0) is 49.9 Å². The molecule has 27 heavy (non-hydrogen) atoms. The van der Waals surface area contributed by atoms with Crippen LogP contribution >= 0.6 is 0 Å². The molecule has 1 amide bonds. The Balaban J connectivity index is 1.98. The van der Waals surface area contributed by atoms with Crippen LogP contribution in [0.5, 0.6) is 0 Å². The zero-order chi connectivity index (χ0) is 20.0. The Bertz CT molecular complexity index is 880. The summed E-state index contributed by atoms with van der Waals surface area (Å²) >= 11 is 0. The van der Waals surface area contributed by atoms with Crippen molar-refractivity contribution in [2.24, 2.45) is 0 Å². The molecule has 0 aliphatic heterocycles. The molecule has 1 unspecified atom stereocenters. The highest BCUT2D eigenvalue weighted by molar-refractivity contribution is 7.92. The van der Waals surface area contributed by atoms with Gasteiger partial charge in [-0.25, -0.2) is 8.42 Å². The largest absolute Gasteiger partial charge is 0.350 e. The fraction of sp³-hybridized carbons (Fsp3) is 0.381. The molecule has 2 aromatic rings. The second kappa shape index (κ2) is 9.04. The van der Waals surface area contributed by atoms with Gasteiger partial charge in [0, 0.05) is 13.0 Å². The van der Waals surface area contributed by atoms with Crippen molar-refractivity contribution in [2.45, 2.75) is 39.7 Å². The molecular formula is C21H28N2O3S. The number of nitrogens with zero attached hydrogens (tertiary/aromatic N) is 1. The molecule has 0 heterocycles. The molecule has 0 aliphatic carbocycles. The second-order valence-electron chi connectivity index (χ2n) is 6.86. The van der Waals surface area contributed by atoms with Gasteiger partial charge >= 0.3 is 0 Å². The quantitative estimate of drug-likeness (QED) is 0.749. The van der Waals surface area contributed by atoms with Gasteiger partial charge in [0.2, 0.25) is 15.9 Å². The van der Waals surface area contributed by atoms with Crippen LogP contribution in [-0.4, -0.2) is 27.1 Å². The van der Waals surface area contributed by atoms with Gasteiger partial charge < -0.3 is 5.32 Å². The number of carbonyl (C=O) groups excluding carboxylic acids is 1. The summed E-state index contributed by atoms with van der Waals surface area (Å²) in [5.74, 6) is -0.0826. The summed E-state index contributed by atoms with van der Waals surface area (Å²) in [6, 6.07) is 15.3. The van der Waals surface area contributed by atoms with Crippen molar-refractivity contribution in [1.29, 1.82) is 0 Å². The maximum atomic E-state index is 12.3. The molecule has 2 aromatic carbocycles. The summed E-state index contributed by atoms with van der Waals surface area (Å²) in [5, 5.41) is 2.96. The lowest BCUT2D eigenvalue weighted by Gasteiger charge is -2.25. The van der Waals surface area contributed by atoms with E-state index in [0.29, 0.717) is 12.1 Å². The van der Waals surface area contributed by atoms with Crippen LogP contribution in [0.25, 0.3) is 0 Å². The van der Waals surface area contributed by atoms with Crippen molar-refractivity contribution in [3.05, 3.63) is 65.2 Å².